The molecule has 2 N–H and O–H groups in total. The third-order valence-corrected chi connectivity index (χ3v) is 6.02. The van der Waals surface area contributed by atoms with Gasteiger partial charge in [0, 0.05) is 34.2 Å². The van der Waals surface area contributed by atoms with E-state index in [0.29, 0.717) is 29.5 Å². The molecule has 0 heterocycles. The van der Waals surface area contributed by atoms with Crippen molar-refractivity contribution in [2.75, 3.05) is 21.1 Å². The molecule has 0 spiro atoms. The van der Waals surface area contributed by atoms with Gasteiger partial charge in [0.05, 0.1) is 4.90 Å². The van der Waals surface area contributed by atoms with E-state index in [4.69, 9.17) is 0 Å². The van der Waals surface area contributed by atoms with E-state index < -0.39 is 10.0 Å². The fourth-order valence-electron chi connectivity index (χ4n) is 2.49. The second kappa shape index (κ2) is 8.82. The van der Waals surface area contributed by atoms with Crippen LogP contribution in [0.2, 0.25) is 0 Å². The fourth-order valence-corrected chi connectivity index (χ4v) is 3.60. The summed E-state index contributed by atoms with van der Waals surface area (Å²) in [5.41, 5.74) is 3.09. The molecule has 0 atom stereocenters. The van der Waals surface area contributed by atoms with Crippen LogP contribution in [0.4, 0.5) is 0 Å². The molecule has 140 valence electrons. The normalized spacial score (nSPS) is 12.3. The van der Waals surface area contributed by atoms with Gasteiger partial charge in [-0.25, -0.2) is 12.7 Å². The monoisotopic (exact) mass is 374 g/mol. The molecular formula is C19H26N4O2S. The van der Waals surface area contributed by atoms with Crippen molar-refractivity contribution in [3.63, 3.8) is 0 Å². The third-order valence-electron chi connectivity index (χ3n) is 4.11. The summed E-state index contributed by atoms with van der Waals surface area (Å²) >= 11 is 0. The molecule has 0 aliphatic heterocycles. The average molecular weight is 375 g/mol. The molecule has 0 aliphatic carbocycles. The van der Waals surface area contributed by atoms with E-state index in [9.17, 15) is 8.42 Å². The van der Waals surface area contributed by atoms with Crippen LogP contribution in [0.3, 0.4) is 0 Å². The van der Waals surface area contributed by atoms with E-state index in [2.05, 4.69) is 34.7 Å². The molecule has 2 rings (SSSR count). The summed E-state index contributed by atoms with van der Waals surface area (Å²) in [5.74, 6) is 0.616. The van der Waals surface area contributed by atoms with Gasteiger partial charge in [-0.2, -0.15) is 0 Å². The largest absolute Gasteiger partial charge is 0.352 e. The Bertz CT molecular complexity index is 877. The molecule has 2 aromatic carbocycles. The summed E-state index contributed by atoms with van der Waals surface area (Å²) < 4.78 is 26.2. The molecule has 0 saturated carbocycles. The first-order valence-corrected chi connectivity index (χ1v) is 9.79. The number of benzene rings is 2. The van der Waals surface area contributed by atoms with Gasteiger partial charge in [0.1, 0.15) is 0 Å². The smallest absolute Gasteiger partial charge is 0.242 e. The standard InChI is InChI=1S/C19H26N4O2S/c1-15-9-5-6-10-16(15)13-21-19(20-2)22-14-17-11-7-8-12-18(17)26(24,25)23(3)4/h5-12H,13-14H2,1-4H3,(H2,20,21,22). The van der Waals surface area contributed by atoms with Crippen molar-refractivity contribution < 1.29 is 8.42 Å². The van der Waals surface area contributed by atoms with Gasteiger partial charge >= 0.3 is 0 Å². The maximum atomic E-state index is 12.5. The van der Waals surface area contributed by atoms with Crippen molar-refractivity contribution in [1.29, 1.82) is 0 Å². The zero-order chi connectivity index (χ0) is 19.2. The van der Waals surface area contributed by atoms with Crippen molar-refractivity contribution in [2.24, 2.45) is 4.99 Å². The SMILES string of the molecule is CN=C(NCc1ccccc1C)NCc1ccccc1S(=O)(=O)N(C)C. The van der Waals surface area contributed by atoms with E-state index in [-0.39, 0.29) is 0 Å². The Balaban J connectivity index is 2.07. The highest BCUT2D eigenvalue weighted by molar-refractivity contribution is 7.89. The van der Waals surface area contributed by atoms with Gasteiger partial charge in [-0.05, 0) is 29.7 Å². The first-order valence-electron chi connectivity index (χ1n) is 8.35. The van der Waals surface area contributed by atoms with Gasteiger partial charge in [0.2, 0.25) is 10.0 Å². The van der Waals surface area contributed by atoms with E-state index in [0.717, 1.165) is 0 Å². The Morgan fingerprint density at radius 1 is 0.962 bits per heavy atom. The number of nitrogens with zero attached hydrogens (tertiary/aromatic N) is 2. The first-order chi connectivity index (χ1) is 12.4. The minimum Gasteiger partial charge on any atom is -0.352 e. The number of sulfonamides is 1. The van der Waals surface area contributed by atoms with Crippen molar-refractivity contribution in [2.45, 2.75) is 24.9 Å². The molecule has 7 heteroatoms. The van der Waals surface area contributed by atoms with Crippen LogP contribution < -0.4 is 10.6 Å². The van der Waals surface area contributed by atoms with Crippen molar-refractivity contribution in [1.82, 2.24) is 14.9 Å². The molecule has 0 radical (unpaired) electrons. The summed E-state index contributed by atoms with van der Waals surface area (Å²) in [6.45, 7) is 3.07. The number of hydrogen-bond acceptors (Lipinski definition) is 3. The minimum atomic E-state index is -3.49. The van der Waals surface area contributed by atoms with Gasteiger partial charge in [-0.1, -0.05) is 42.5 Å². The summed E-state index contributed by atoms with van der Waals surface area (Å²) in [4.78, 5) is 4.51. The van der Waals surface area contributed by atoms with E-state index in [1.54, 1.807) is 25.2 Å². The van der Waals surface area contributed by atoms with E-state index >= 15 is 0 Å². The van der Waals surface area contributed by atoms with Gasteiger partial charge in [0.15, 0.2) is 5.96 Å². The van der Waals surface area contributed by atoms with Gasteiger partial charge in [-0.15, -0.1) is 0 Å². The molecule has 26 heavy (non-hydrogen) atoms. The Morgan fingerprint density at radius 3 is 2.08 bits per heavy atom. The maximum Gasteiger partial charge on any atom is 0.242 e. The molecule has 0 aliphatic rings. The van der Waals surface area contributed by atoms with Crippen LogP contribution in [0, 0.1) is 6.92 Å². The molecule has 0 amide bonds. The Morgan fingerprint density at radius 2 is 1.50 bits per heavy atom. The molecule has 2 aromatic rings. The lowest BCUT2D eigenvalue weighted by atomic mass is 10.1. The van der Waals surface area contributed by atoms with Crippen LogP contribution in [0.25, 0.3) is 0 Å². The van der Waals surface area contributed by atoms with E-state index in [1.807, 2.05) is 18.2 Å². The molecule has 0 bridgehead atoms. The second-order valence-electron chi connectivity index (χ2n) is 6.10. The van der Waals surface area contributed by atoms with Crippen LogP contribution in [0.15, 0.2) is 58.4 Å². The number of aliphatic imine (C=N–C) groups is 1. The number of nitrogens with one attached hydrogen (secondary N) is 2. The number of aryl methyl sites for hydroxylation is 1. The van der Waals surface area contributed by atoms with Gasteiger partial charge in [0.25, 0.3) is 0 Å². The van der Waals surface area contributed by atoms with Gasteiger partial charge in [-0.3, -0.25) is 4.99 Å². The molecule has 0 fully saturated rings. The van der Waals surface area contributed by atoms with Crippen LogP contribution in [-0.2, 0) is 23.1 Å². The minimum absolute atomic E-state index is 0.298. The second-order valence-corrected chi connectivity index (χ2v) is 8.22. The molecular weight excluding hydrogens is 348 g/mol. The quantitative estimate of drug-likeness (QED) is 0.600. The van der Waals surface area contributed by atoms with Crippen LogP contribution in [-0.4, -0.2) is 39.8 Å². The summed E-state index contributed by atoms with van der Waals surface area (Å²) in [6, 6.07) is 15.1. The van der Waals surface area contributed by atoms with Gasteiger partial charge < -0.3 is 10.6 Å². The van der Waals surface area contributed by atoms with Crippen LogP contribution >= 0.6 is 0 Å². The predicted octanol–water partition coefficient (Wildman–Crippen LogP) is 2.11. The lowest BCUT2D eigenvalue weighted by Gasteiger charge is -2.17. The summed E-state index contributed by atoms with van der Waals surface area (Å²) in [7, 11) is 1.26. The van der Waals surface area contributed by atoms with Crippen molar-refractivity contribution >= 4 is 16.0 Å². The zero-order valence-corrected chi connectivity index (χ0v) is 16.5. The third kappa shape index (κ3) is 4.83. The fraction of sp³-hybridized carbons (Fsp3) is 0.316. The predicted molar refractivity (Wildman–Crippen MR) is 106 cm³/mol. The number of rotatable bonds is 6. The van der Waals surface area contributed by atoms with Crippen LogP contribution in [0.1, 0.15) is 16.7 Å². The Labute approximate surface area is 156 Å². The maximum absolute atomic E-state index is 12.5. The van der Waals surface area contributed by atoms with Crippen molar-refractivity contribution in [3.8, 4) is 0 Å². The Kier molecular flexibility index (Phi) is 6.76. The number of guanidine groups is 1. The van der Waals surface area contributed by atoms with Crippen LogP contribution in [0.5, 0.6) is 0 Å². The number of hydrogen-bond donors (Lipinski definition) is 2. The molecule has 0 unspecified atom stereocenters. The topological polar surface area (TPSA) is 73.8 Å². The first kappa shape index (κ1) is 19.9. The lowest BCUT2D eigenvalue weighted by Crippen LogP contribution is -2.37. The molecule has 0 saturated heterocycles. The van der Waals surface area contributed by atoms with E-state index in [1.165, 1.54) is 29.5 Å². The molecule has 0 aromatic heterocycles. The Hall–Kier alpha value is -2.38. The summed E-state index contributed by atoms with van der Waals surface area (Å²) in [5, 5.41) is 6.44. The highest BCUT2D eigenvalue weighted by atomic mass is 32.2. The summed E-state index contributed by atoms with van der Waals surface area (Å²) in [6.07, 6.45) is 0. The molecule has 6 nitrogen and oxygen atoms in total. The van der Waals surface area contributed by atoms with Crippen molar-refractivity contribution in [3.05, 3.63) is 65.2 Å². The highest BCUT2D eigenvalue weighted by Crippen LogP contribution is 2.18. The average Bonchev–Trinajstić information content (AvgIpc) is 2.63. The highest BCUT2D eigenvalue weighted by Gasteiger charge is 2.20. The lowest BCUT2D eigenvalue weighted by molar-refractivity contribution is 0.519. The zero-order valence-electron chi connectivity index (χ0n) is 15.7.